The van der Waals surface area contributed by atoms with E-state index in [1.165, 1.54) is 0 Å². The van der Waals surface area contributed by atoms with E-state index in [0.717, 1.165) is 29.8 Å². The van der Waals surface area contributed by atoms with E-state index in [4.69, 9.17) is 9.84 Å². The normalized spacial score (nSPS) is 10.7. The zero-order valence-corrected chi connectivity index (χ0v) is 12.0. The van der Waals surface area contributed by atoms with Gasteiger partial charge in [0.15, 0.2) is 0 Å². The van der Waals surface area contributed by atoms with E-state index < -0.39 is 5.97 Å². The van der Waals surface area contributed by atoms with Crippen LogP contribution in [0.15, 0.2) is 18.2 Å². The fourth-order valence-corrected chi connectivity index (χ4v) is 1.93. The largest absolute Gasteiger partial charge is 0.493 e. The third-order valence-corrected chi connectivity index (χ3v) is 3.05. The van der Waals surface area contributed by atoms with Crippen LogP contribution in [0.5, 0.6) is 5.75 Å². The van der Waals surface area contributed by atoms with Crippen molar-refractivity contribution in [1.82, 2.24) is 4.90 Å². The van der Waals surface area contributed by atoms with Gasteiger partial charge in [0.2, 0.25) is 0 Å². The van der Waals surface area contributed by atoms with Gasteiger partial charge in [-0.1, -0.05) is 18.2 Å². The van der Waals surface area contributed by atoms with Crippen molar-refractivity contribution >= 4 is 5.97 Å². The average molecular weight is 265 g/mol. The van der Waals surface area contributed by atoms with Gasteiger partial charge in [-0.15, -0.1) is 0 Å². The Morgan fingerprint density at radius 2 is 1.89 bits per heavy atom. The topological polar surface area (TPSA) is 49.8 Å². The molecule has 0 unspecified atom stereocenters. The molecule has 19 heavy (non-hydrogen) atoms. The average Bonchev–Trinajstić information content (AvgIpc) is 2.35. The first-order chi connectivity index (χ1) is 9.00. The molecule has 106 valence electrons. The van der Waals surface area contributed by atoms with Crippen molar-refractivity contribution < 1.29 is 14.6 Å². The molecule has 1 rings (SSSR count). The second kappa shape index (κ2) is 7.79. The van der Waals surface area contributed by atoms with Crippen LogP contribution in [-0.2, 0) is 4.79 Å². The number of aliphatic carboxylic acids is 1. The molecule has 0 atom stereocenters. The number of ether oxygens (including phenoxy) is 1. The maximum atomic E-state index is 10.4. The summed E-state index contributed by atoms with van der Waals surface area (Å²) in [6, 6.07) is 6.11. The summed E-state index contributed by atoms with van der Waals surface area (Å²) < 4.78 is 5.80. The van der Waals surface area contributed by atoms with Gasteiger partial charge >= 0.3 is 5.97 Å². The molecule has 1 aromatic carbocycles. The lowest BCUT2D eigenvalue weighted by Gasteiger charge is -2.16. The lowest BCUT2D eigenvalue weighted by atomic mass is 10.1. The minimum atomic E-state index is -0.751. The molecule has 0 bridgehead atoms. The third-order valence-electron chi connectivity index (χ3n) is 3.05. The van der Waals surface area contributed by atoms with Gasteiger partial charge in [0.05, 0.1) is 13.0 Å². The summed E-state index contributed by atoms with van der Waals surface area (Å²) in [4.78, 5) is 12.5. The lowest BCUT2D eigenvalue weighted by Crippen LogP contribution is -2.24. The molecule has 0 aromatic heterocycles. The molecular formula is C15H23NO3. The number of hydrogen-bond donors (Lipinski definition) is 1. The second-order valence-electron chi connectivity index (χ2n) is 4.87. The van der Waals surface area contributed by atoms with Crippen LogP contribution < -0.4 is 4.74 Å². The fourth-order valence-electron chi connectivity index (χ4n) is 1.93. The molecule has 0 spiro atoms. The number of carboxylic acids is 1. The molecule has 1 aromatic rings. The minimum Gasteiger partial charge on any atom is -0.493 e. The van der Waals surface area contributed by atoms with Crippen LogP contribution in [0.1, 0.15) is 24.0 Å². The maximum absolute atomic E-state index is 10.4. The predicted octanol–water partition coefficient (Wildman–Crippen LogP) is 2.48. The van der Waals surface area contributed by atoms with E-state index in [2.05, 4.69) is 0 Å². The standard InChI is InChI=1S/C15H23NO3/c1-12-6-4-7-13(2)15(12)19-11-5-9-16(3)10-8-14(17)18/h4,6-7H,5,8-11H2,1-3H3,(H,17,18). The van der Waals surface area contributed by atoms with Gasteiger partial charge in [-0.2, -0.15) is 0 Å². The molecule has 0 aliphatic rings. The molecule has 1 N–H and O–H groups in total. The predicted molar refractivity (Wildman–Crippen MR) is 75.8 cm³/mol. The van der Waals surface area contributed by atoms with E-state index in [0.29, 0.717) is 13.2 Å². The maximum Gasteiger partial charge on any atom is 0.304 e. The van der Waals surface area contributed by atoms with Gasteiger partial charge in [-0.05, 0) is 38.4 Å². The van der Waals surface area contributed by atoms with Crippen LogP contribution in [0.2, 0.25) is 0 Å². The number of benzene rings is 1. The summed E-state index contributed by atoms with van der Waals surface area (Å²) in [5, 5.41) is 8.59. The van der Waals surface area contributed by atoms with Crippen LogP contribution in [0.3, 0.4) is 0 Å². The zero-order chi connectivity index (χ0) is 14.3. The van der Waals surface area contributed by atoms with Gasteiger partial charge < -0.3 is 14.7 Å². The first-order valence-corrected chi connectivity index (χ1v) is 6.60. The Morgan fingerprint density at radius 3 is 2.47 bits per heavy atom. The number of carboxylic acid groups (broad SMARTS) is 1. The minimum absolute atomic E-state index is 0.189. The molecule has 0 amide bonds. The van der Waals surface area contributed by atoms with E-state index in [-0.39, 0.29) is 6.42 Å². The van der Waals surface area contributed by atoms with Crippen LogP contribution in [0, 0.1) is 13.8 Å². The number of hydrogen-bond acceptors (Lipinski definition) is 3. The Kier molecular flexibility index (Phi) is 6.36. The number of nitrogens with zero attached hydrogens (tertiary/aromatic N) is 1. The van der Waals surface area contributed by atoms with Gasteiger partial charge in [0.25, 0.3) is 0 Å². The number of para-hydroxylation sites is 1. The van der Waals surface area contributed by atoms with Gasteiger partial charge in [0.1, 0.15) is 5.75 Å². The Labute approximate surface area is 115 Å². The highest BCUT2D eigenvalue weighted by molar-refractivity contribution is 5.66. The highest BCUT2D eigenvalue weighted by Crippen LogP contribution is 2.22. The Balaban J connectivity index is 2.25. The molecule has 0 heterocycles. The zero-order valence-electron chi connectivity index (χ0n) is 12.0. The molecule has 0 saturated heterocycles. The molecule has 4 heteroatoms. The van der Waals surface area contributed by atoms with Crippen LogP contribution in [0.4, 0.5) is 0 Å². The highest BCUT2D eigenvalue weighted by atomic mass is 16.5. The van der Waals surface area contributed by atoms with Crippen molar-refractivity contribution in [2.24, 2.45) is 0 Å². The summed E-state index contributed by atoms with van der Waals surface area (Å²) in [5.41, 5.74) is 2.30. The molecule has 0 aliphatic carbocycles. The van der Waals surface area contributed by atoms with E-state index in [9.17, 15) is 4.79 Å². The Bertz CT molecular complexity index is 398. The van der Waals surface area contributed by atoms with E-state index in [1.807, 2.05) is 44.0 Å². The molecule has 0 radical (unpaired) electrons. The summed E-state index contributed by atoms with van der Waals surface area (Å²) in [6.45, 7) is 6.17. The molecule has 4 nitrogen and oxygen atoms in total. The Hall–Kier alpha value is -1.55. The van der Waals surface area contributed by atoms with Gasteiger partial charge in [0, 0.05) is 13.1 Å². The van der Waals surface area contributed by atoms with Crippen LogP contribution in [-0.4, -0.2) is 42.7 Å². The quantitative estimate of drug-likeness (QED) is 0.734. The SMILES string of the molecule is Cc1cccc(C)c1OCCCN(C)CCC(=O)O. The molecular weight excluding hydrogens is 242 g/mol. The summed E-state index contributed by atoms with van der Waals surface area (Å²) in [6.07, 6.45) is 1.08. The third kappa shape index (κ3) is 5.75. The van der Waals surface area contributed by atoms with Crippen molar-refractivity contribution in [1.29, 1.82) is 0 Å². The van der Waals surface area contributed by atoms with Crippen molar-refractivity contribution in [2.45, 2.75) is 26.7 Å². The number of rotatable bonds is 8. The molecule has 0 saturated carbocycles. The van der Waals surface area contributed by atoms with Crippen molar-refractivity contribution in [3.8, 4) is 5.75 Å². The lowest BCUT2D eigenvalue weighted by molar-refractivity contribution is -0.137. The first-order valence-electron chi connectivity index (χ1n) is 6.60. The number of aryl methyl sites for hydroxylation is 2. The summed E-state index contributed by atoms with van der Waals surface area (Å²) in [7, 11) is 1.93. The first kappa shape index (κ1) is 15.5. The van der Waals surface area contributed by atoms with Gasteiger partial charge in [-0.3, -0.25) is 4.79 Å². The summed E-state index contributed by atoms with van der Waals surface area (Å²) in [5.74, 6) is 0.217. The second-order valence-corrected chi connectivity index (χ2v) is 4.87. The van der Waals surface area contributed by atoms with E-state index in [1.54, 1.807) is 0 Å². The molecule has 0 fully saturated rings. The van der Waals surface area contributed by atoms with Crippen molar-refractivity contribution in [3.63, 3.8) is 0 Å². The van der Waals surface area contributed by atoms with Crippen molar-refractivity contribution in [3.05, 3.63) is 29.3 Å². The van der Waals surface area contributed by atoms with Crippen molar-refractivity contribution in [2.75, 3.05) is 26.7 Å². The number of carbonyl (C=O) groups is 1. The summed E-state index contributed by atoms with van der Waals surface area (Å²) >= 11 is 0. The van der Waals surface area contributed by atoms with E-state index >= 15 is 0 Å². The smallest absolute Gasteiger partial charge is 0.304 e. The van der Waals surface area contributed by atoms with Crippen LogP contribution >= 0.6 is 0 Å². The monoisotopic (exact) mass is 265 g/mol. The molecule has 0 aliphatic heterocycles. The fraction of sp³-hybridized carbons (Fsp3) is 0.533. The van der Waals surface area contributed by atoms with Gasteiger partial charge in [-0.25, -0.2) is 0 Å². The van der Waals surface area contributed by atoms with Crippen LogP contribution in [0.25, 0.3) is 0 Å². The highest BCUT2D eigenvalue weighted by Gasteiger charge is 2.04. The Morgan fingerprint density at radius 1 is 1.26 bits per heavy atom.